The summed E-state index contributed by atoms with van der Waals surface area (Å²) in [6, 6.07) is 5.94. The fourth-order valence-corrected chi connectivity index (χ4v) is 5.50. The molecule has 188 valence electrons. The van der Waals surface area contributed by atoms with E-state index in [1.54, 1.807) is 6.33 Å². The molecule has 1 saturated carbocycles. The number of hydrogen-bond donors (Lipinski definition) is 1. The molecular formula is C22H23F4N5O3S. The van der Waals surface area contributed by atoms with E-state index in [-0.39, 0.29) is 18.0 Å². The molecule has 4 rings (SSSR count). The summed E-state index contributed by atoms with van der Waals surface area (Å²) in [4.78, 5) is 3.30. The summed E-state index contributed by atoms with van der Waals surface area (Å²) in [5.74, 6) is -0.439. The molecule has 1 aliphatic rings. The lowest BCUT2D eigenvalue weighted by Gasteiger charge is -2.30. The summed E-state index contributed by atoms with van der Waals surface area (Å²) < 4.78 is 86.6. The van der Waals surface area contributed by atoms with Gasteiger partial charge < -0.3 is 9.30 Å². The molecule has 2 atom stereocenters. The van der Waals surface area contributed by atoms with Crippen LogP contribution in [0.15, 0.2) is 47.8 Å². The minimum atomic E-state index is -4.49. The highest BCUT2D eigenvalue weighted by Gasteiger charge is 2.30. The first-order valence-electron chi connectivity index (χ1n) is 10.9. The number of nitrogens with zero attached hydrogens (tertiary/aromatic N) is 4. The Bertz CT molecular complexity index is 1280. The van der Waals surface area contributed by atoms with Gasteiger partial charge in [-0.1, -0.05) is 6.07 Å². The fourth-order valence-electron chi connectivity index (χ4n) is 4.16. The Balaban J connectivity index is 1.45. The van der Waals surface area contributed by atoms with Crippen molar-refractivity contribution in [2.24, 2.45) is 0 Å². The summed E-state index contributed by atoms with van der Waals surface area (Å²) in [6.07, 6.45) is 1.19. The van der Waals surface area contributed by atoms with Gasteiger partial charge in [-0.15, -0.1) is 10.2 Å². The van der Waals surface area contributed by atoms with Gasteiger partial charge in [-0.05, 0) is 56.4 Å². The van der Waals surface area contributed by atoms with Gasteiger partial charge in [-0.3, -0.25) is 0 Å². The van der Waals surface area contributed by atoms with Crippen molar-refractivity contribution in [3.63, 3.8) is 0 Å². The molecule has 2 aromatic heterocycles. The average Bonchev–Trinajstić information content (AvgIpc) is 3.23. The van der Waals surface area contributed by atoms with Crippen LogP contribution in [0, 0.1) is 12.7 Å². The molecule has 0 spiro atoms. The summed E-state index contributed by atoms with van der Waals surface area (Å²) in [5, 5.41) is 7.86. The van der Waals surface area contributed by atoms with Crippen LogP contribution in [0.5, 0.6) is 5.88 Å². The van der Waals surface area contributed by atoms with Gasteiger partial charge >= 0.3 is 6.18 Å². The van der Waals surface area contributed by atoms with E-state index < -0.39 is 33.5 Å². The highest BCUT2D eigenvalue weighted by atomic mass is 32.2. The number of pyridine rings is 1. The van der Waals surface area contributed by atoms with E-state index >= 15 is 0 Å². The first-order chi connectivity index (χ1) is 16.5. The Morgan fingerprint density at radius 1 is 1.17 bits per heavy atom. The number of benzene rings is 1. The smallest absolute Gasteiger partial charge is 0.422 e. The second-order valence-electron chi connectivity index (χ2n) is 8.36. The van der Waals surface area contributed by atoms with Crippen LogP contribution in [0.1, 0.15) is 37.5 Å². The quantitative estimate of drug-likeness (QED) is 0.476. The van der Waals surface area contributed by atoms with E-state index in [0.717, 1.165) is 30.8 Å². The molecule has 13 heteroatoms. The van der Waals surface area contributed by atoms with E-state index in [9.17, 15) is 26.0 Å². The molecule has 2 heterocycles. The number of aryl methyl sites for hydroxylation is 1. The van der Waals surface area contributed by atoms with Crippen LogP contribution >= 0.6 is 0 Å². The molecule has 1 N–H and O–H groups in total. The number of aromatic nitrogens is 4. The number of nitrogens with one attached hydrogen (secondary N) is 1. The van der Waals surface area contributed by atoms with Crippen molar-refractivity contribution in [1.82, 2.24) is 24.5 Å². The number of ether oxygens (including phenoxy) is 1. The molecule has 0 radical (unpaired) electrons. The largest absolute Gasteiger partial charge is 0.468 e. The summed E-state index contributed by atoms with van der Waals surface area (Å²) in [7, 11) is -4.13. The molecule has 35 heavy (non-hydrogen) atoms. The summed E-state index contributed by atoms with van der Waals surface area (Å²) in [5.41, 5.74) is 0.705. The minimum absolute atomic E-state index is 0.0502. The first-order valence-corrected chi connectivity index (χ1v) is 12.3. The van der Waals surface area contributed by atoms with Gasteiger partial charge in [0.25, 0.3) is 0 Å². The third kappa shape index (κ3) is 6.14. The van der Waals surface area contributed by atoms with Gasteiger partial charge in [0.05, 0.1) is 0 Å². The highest BCUT2D eigenvalue weighted by molar-refractivity contribution is 7.89. The van der Waals surface area contributed by atoms with Crippen molar-refractivity contribution in [2.75, 3.05) is 6.61 Å². The van der Waals surface area contributed by atoms with Gasteiger partial charge in [-0.25, -0.2) is 22.5 Å². The fraction of sp³-hybridized carbons (Fsp3) is 0.409. The lowest BCUT2D eigenvalue weighted by Crippen LogP contribution is -2.39. The van der Waals surface area contributed by atoms with Gasteiger partial charge in [0.1, 0.15) is 22.9 Å². The Labute approximate surface area is 199 Å². The predicted octanol–water partition coefficient (Wildman–Crippen LogP) is 4.19. The Kier molecular flexibility index (Phi) is 7.08. The third-order valence-corrected chi connectivity index (χ3v) is 7.34. The predicted molar refractivity (Wildman–Crippen MR) is 118 cm³/mol. The van der Waals surface area contributed by atoms with Crippen LogP contribution in [0.2, 0.25) is 0 Å². The zero-order valence-corrected chi connectivity index (χ0v) is 19.5. The SMILES string of the molecule is Cc1nncn1C1CCCC(NS(=O)(=O)c2ccc(-c3ccc(OCC(F)(F)F)nc3)cc2F)C1. The number of halogens is 4. The maximum atomic E-state index is 14.9. The Morgan fingerprint density at radius 2 is 1.94 bits per heavy atom. The van der Waals surface area contributed by atoms with Gasteiger partial charge in [0, 0.05) is 29.9 Å². The van der Waals surface area contributed by atoms with Crippen molar-refractivity contribution in [3.05, 3.63) is 54.5 Å². The van der Waals surface area contributed by atoms with Gasteiger partial charge in [0.2, 0.25) is 15.9 Å². The highest BCUT2D eigenvalue weighted by Crippen LogP contribution is 2.31. The molecule has 3 aromatic rings. The average molecular weight is 514 g/mol. The first kappa shape index (κ1) is 25.0. The molecule has 0 aliphatic heterocycles. The van der Waals surface area contributed by atoms with E-state index in [1.807, 2.05) is 11.5 Å². The number of rotatable bonds is 7. The number of sulfonamides is 1. The van der Waals surface area contributed by atoms with Crippen molar-refractivity contribution in [2.45, 2.75) is 55.8 Å². The molecule has 1 aliphatic carbocycles. The zero-order valence-electron chi connectivity index (χ0n) is 18.7. The second kappa shape index (κ2) is 9.90. The maximum Gasteiger partial charge on any atom is 0.422 e. The van der Waals surface area contributed by atoms with Crippen LogP contribution in [0.3, 0.4) is 0 Å². The van der Waals surface area contributed by atoms with Crippen molar-refractivity contribution < 1.29 is 30.7 Å². The van der Waals surface area contributed by atoms with Crippen LogP contribution in [0.4, 0.5) is 17.6 Å². The molecule has 1 fully saturated rings. The third-order valence-electron chi connectivity index (χ3n) is 5.79. The number of hydrogen-bond acceptors (Lipinski definition) is 6. The lowest BCUT2D eigenvalue weighted by atomic mass is 9.91. The van der Waals surface area contributed by atoms with Crippen LogP contribution < -0.4 is 9.46 Å². The topological polar surface area (TPSA) is 99.0 Å². The normalized spacial score (nSPS) is 19.0. The number of alkyl halides is 3. The Morgan fingerprint density at radius 3 is 2.57 bits per heavy atom. The molecule has 0 saturated heterocycles. The van der Waals surface area contributed by atoms with Crippen molar-refractivity contribution in [1.29, 1.82) is 0 Å². The van der Waals surface area contributed by atoms with Crippen LogP contribution in [-0.4, -0.2) is 47.0 Å². The second-order valence-corrected chi connectivity index (χ2v) is 10.0. The minimum Gasteiger partial charge on any atom is -0.468 e. The van der Waals surface area contributed by atoms with E-state index in [2.05, 4.69) is 24.6 Å². The molecule has 0 amide bonds. The lowest BCUT2D eigenvalue weighted by molar-refractivity contribution is -0.154. The van der Waals surface area contributed by atoms with Gasteiger partial charge in [-0.2, -0.15) is 13.2 Å². The van der Waals surface area contributed by atoms with E-state index in [0.29, 0.717) is 24.0 Å². The van der Waals surface area contributed by atoms with E-state index in [1.165, 1.54) is 24.4 Å². The van der Waals surface area contributed by atoms with Crippen LogP contribution in [-0.2, 0) is 10.0 Å². The molecular weight excluding hydrogens is 490 g/mol. The van der Waals surface area contributed by atoms with Gasteiger partial charge in [0.15, 0.2) is 6.61 Å². The summed E-state index contributed by atoms with van der Waals surface area (Å²) in [6.45, 7) is 0.352. The molecule has 8 nitrogen and oxygen atoms in total. The molecule has 0 bridgehead atoms. The Hall–Kier alpha value is -3.06. The van der Waals surface area contributed by atoms with Crippen molar-refractivity contribution >= 4 is 10.0 Å². The van der Waals surface area contributed by atoms with Crippen molar-refractivity contribution in [3.8, 4) is 17.0 Å². The molecule has 2 unspecified atom stereocenters. The summed E-state index contributed by atoms with van der Waals surface area (Å²) >= 11 is 0. The van der Waals surface area contributed by atoms with E-state index in [4.69, 9.17) is 0 Å². The monoisotopic (exact) mass is 513 g/mol. The standard InChI is InChI=1S/C22H23F4N5O3S/c1-14-29-28-13-31(14)18-4-2-3-17(10-18)30-35(32,33)20-7-5-15(9-19(20)23)16-6-8-21(27-11-16)34-12-22(24,25)26/h5-9,11,13,17-18,30H,2-4,10,12H2,1H3. The van der Waals surface area contributed by atoms with Crippen LogP contribution in [0.25, 0.3) is 11.1 Å². The molecule has 1 aromatic carbocycles. The zero-order chi connectivity index (χ0) is 25.2. The maximum absolute atomic E-state index is 14.9.